The largest absolute Gasteiger partial charge is 0.304 e. The molecule has 0 bridgehead atoms. The zero-order valence-corrected chi connectivity index (χ0v) is 21.1. The minimum Gasteiger partial charge on any atom is -0.304 e. The third-order valence-corrected chi connectivity index (χ3v) is 7.86. The van der Waals surface area contributed by atoms with Gasteiger partial charge in [0.25, 0.3) is 0 Å². The first kappa shape index (κ1) is 23.9. The summed E-state index contributed by atoms with van der Waals surface area (Å²) in [4.78, 5) is 12.6. The number of benzene rings is 3. The first-order chi connectivity index (χ1) is 17.3. The van der Waals surface area contributed by atoms with E-state index in [9.17, 15) is 0 Å². The van der Waals surface area contributed by atoms with Gasteiger partial charge in [0, 0.05) is 51.0 Å². The third kappa shape index (κ3) is 6.06. The first-order valence-electron chi connectivity index (χ1n) is 13.3. The molecule has 1 fully saturated rings. The van der Waals surface area contributed by atoms with Crippen LogP contribution in [-0.2, 0) is 12.8 Å². The summed E-state index contributed by atoms with van der Waals surface area (Å²) >= 11 is 0. The van der Waals surface area contributed by atoms with E-state index in [1.54, 1.807) is 35.9 Å². The summed E-state index contributed by atoms with van der Waals surface area (Å²) in [6.45, 7) is 6.30. The molecule has 1 saturated heterocycles. The monoisotopic (exact) mass is 466 g/mol. The van der Waals surface area contributed by atoms with Gasteiger partial charge in [0.15, 0.2) is 0 Å². The molecule has 35 heavy (non-hydrogen) atoms. The summed E-state index contributed by atoms with van der Waals surface area (Å²) in [7, 11) is 2.24. The van der Waals surface area contributed by atoms with Gasteiger partial charge in [0.1, 0.15) is 0 Å². The van der Waals surface area contributed by atoms with E-state index in [4.69, 9.17) is 0 Å². The van der Waals surface area contributed by atoms with Crippen molar-refractivity contribution in [2.45, 2.75) is 38.5 Å². The van der Waals surface area contributed by atoms with Gasteiger partial charge >= 0.3 is 0 Å². The summed E-state index contributed by atoms with van der Waals surface area (Å²) in [6.07, 6.45) is 14.6. The van der Waals surface area contributed by atoms with E-state index in [-0.39, 0.29) is 0 Å². The number of unbranched alkanes of at least 4 members (excludes halogenated alkanes) is 1. The molecular weight excluding hydrogens is 428 g/mol. The lowest BCUT2D eigenvalue weighted by Gasteiger charge is -2.32. The maximum Gasteiger partial charge on any atom is 0.0451 e. The van der Waals surface area contributed by atoms with Gasteiger partial charge in [-0.2, -0.15) is 0 Å². The molecule has 0 N–H and O–H groups in total. The summed E-state index contributed by atoms with van der Waals surface area (Å²) in [5.74, 6) is 0.882. The number of hydrogen-bond acceptors (Lipinski definition) is 4. The first-order valence-corrected chi connectivity index (χ1v) is 13.3. The highest BCUT2D eigenvalue weighted by molar-refractivity contribution is 6.08. The second-order valence-electron chi connectivity index (χ2n) is 10.2. The molecule has 0 spiro atoms. The second-order valence-corrected chi connectivity index (χ2v) is 10.2. The van der Waals surface area contributed by atoms with Crippen LogP contribution in [0, 0.1) is 5.92 Å². The molecule has 6 rings (SSSR count). The van der Waals surface area contributed by atoms with Gasteiger partial charge in [-0.15, -0.1) is 0 Å². The molecule has 4 nitrogen and oxygen atoms in total. The number of rotatable bonds is 5. The van der Waals surface area contributed by atoms with Crippen LogP contribution in [0.15, 0.2) is 73.3 Å². The number of aromatic nitrogens is 2. The van der Waals surface area contributed by atoms with Crippen LogP contribution in [0.1, 0.15) is 36.8 Å². The lowest BCUT2D eigenvalue weighted by atomic mass is 9.79. The van der Waals surface area contributed by atoms with Gasteiger partial charge in [-0.25, -0.2) is 0 Å². The molecule has 1 unspecified atom stereocenters. The second kappa shape index (κ2) is 11.7. The molecule has 182 valence electrons. The summed E-state index contributed by atoms with van der Waals surface area (Å²) in [6, 6.07) is 18.3. The Morgan fingerprint density at radius 1 is 0.771 bits per heavy atom. The number of hydrogen-bond donors (Lipinski definition) is 0. The Labute approximate surface area is 210 Å². The lowest BCUT2D eigenvalue weighted by Crippen LogP contribution is -2.44. The number of nitrogens with zero attached hydrogens (tertiary/aromatic N) is 4. The highest BCUT2D eigenvalue weighted by Crippen LogP contribution is 2.36. The fourth-order valence-corrected chi connectivity index (χ4v) is 5.78. The highest BCUT2D eigenvalue weighted by atomic mass is 15.2. The van der Waals surface area contributed by atoms with Gasteiger partial charge in [0.2, 0.25) is 0 Å². The predicted molar refractivity (Wildman–Crippen MR) is 147 cm³/mol. The topological polar surface area (TPSA) is 32.3 Å². The molecule has 1 atom stereocenters. The Morgan fingerprint density at radius 3 is 2.29 bits per heavy atom. The van der Waals surface area contributed by atoms with Gasteiger partial charge in [-0.05, 0) is 77.9 Å². The maximum atomic E-state index is 3.72. The zero-order valence-electron chi connectivity index (χ0n) is 21.1. The molecule has 0 radical (unpaired) electrons. The summed E-state index contributed by atoms with van der Waals surface area (Å²) in [5.41, 5.74) is 3.24. The van der Waals surface area contributed by atoms with E-state index >= 15 is 0 Å². The summed E-state index contributed by atoms with van der Waals surface area (Å²) in [5, 5.41) is 5.69. The van der Waals surface area contributed by atoms with E-state index in [1.165, 1.54) is 92.8 Å². The van der Waals surface area contributed by atoms with Crippen LogP contribution in [0.4, 0.5) is 0 Å². The van der Waals surface area contributed by atoms with Crippen LogP contribution in [0.2, 0.25) is 0 Å². The zero-order chi connectivity index (χ0) is 23.9. The maximum absolute atomic E-state index is 3.72. The van der Waals surface area contributed by atoms with Crippen molar-refractivity contribution in [3.05, 3.63) is 84.4 Å². The highest BCUT2D eigenvalue weighted by Gasteiger charge is 2.21. The van der Waals surface area contributed by atoms with E-state index in [1.807, 2.05) is 0 Å². The van der Waals surface area contributed by atoms with Gasteiger partial charge in [-0.3, -0.25) is 9.97 Å². The van der Waals surface area contributed by atoms with Crippen molar-refractivity contribution in [3.63, 3.8) is 0 Å². The fourth-order valence-electron chi connectivity index (χ4n) is 5.78. The molecule has 0 amide bonds. The van der Waals surface area contributed by atoms with Crippen LogP contribution in [0.5, 0.6) is 0 Å². The van der Waals surface area contributed by atoms with Crippen molar-refractivity contribution in [2.24, 2.45) is 5.92 Å². The van der Waals surface area contributed by atoms with Gasteiger partial charge in [-0.1, -0.05) is 61.4 Å². The van der Waals surface area contributed by atoms with E-state index < -0.39 is 0 Å². The Morgan fingerprint density at radius 2 is 1.51 bits per heavy atom. The predicted octanol–water partition coefficient (Wildman–Crippen LogP) is 5.99. The minimum absolute atomic E-state index is 0.882. The molecule has 2 heterocycles. The number of aryl methyl sites for hydroxylation is 1. The molecule has 0 saturated carbocycles. The Balaban J connectivity index is 0.000000371. The van der Waals surface area contributed by atoms with Crippen LogP contribution in [-0.4, -0.2) is 59.5 Å². The number of likely N-dealkylation sites (N-methyl/N-ethyl adjacent to an activating group) is 1. The fraction of sp³-hybridized carbons (Fsp3) is 0.419. The minimum atomic E-state index is 0.882. The van der Waals surface area contributed by atoms with Crippen LogP contribution in [0.25, 0.3) is 21.5 Å². The Bertz CT molecular complexity index is 1190. The van der Waals surface area contributed by atoms with Crippen molar-refractivity contribution in [2.75, 3.05) is 39.8 Å². The average molecular weight is 467 g/mol. The molecular formula is C31H38N4. The van der Waals surface area contributed by atoms with Crippen molar-refractivity contribution in [1.82, 2.24) is 19.8 Å². The summed E-state index contributed by atoms with van der Waals surface area (Å²) < 4.78 is 0. The molecule has 3 aromatic carbocycles. The number of fused-ring (bicyclic) bond motifs is 5. The van der Waals surface area contributed by atoms with Crippen LogP contribution < -0.4 is 0 Å². The molecule has 1 aliphatic heterocycles. The third-order valence-electron chi connectivity index (χ3n) is 7.86. The molecule has 2 aliphatic rings. The molecule has 4 heteroatoms. The smallest absolute Gasteiger partial charge is 0.0451 e. The van der Waals surface area contributed by atoms with E-state index in [2.05, 4.69) is 75.3 Å². The van der Waals surface area contributed by atoms with Crippen molar-refractivity contribution in [3.8, 4) is 0 Å². The Hall–Kier alpha value is -2.82. The van der Waals surface area contributed by atoms with Gasteiger partial charge < -0.3 is 9.80 Å². The van der Waals surface area contributed by atoms with Crippen molar-refractivity contribution in [1.29, 1.82) is 0 Å². The normalized spacial score (nSPS) is 18.7. The van der Waals surface area contributed by atoms with Crippen molar-refractivity contribution < 1.29 is 0 Å². The quantitative estimate of drug-likeness (QED) is 0.267. The van der Waals surface area contributed by atoms with Gasteiger partial charge in [0.05, 0.1) is 0 Å². The average Bonchev–Trinajstić information content (AvgIpc) is 2.93. The number of piperazine rings is 1. The molecule has 4 aromatic rings. The van der Waals surface area contributed by atoms with Crippen LogP contribution in [0.3, 0.4) is 0 Å². The molecule has 1 aliphatic carbocycles. The van der Waals surface area contributed by atoms with Crippen molar-refractivity contribution >= 4 is 21.5 Å². The van der Waals surface area contributed by atoms with E-state index in [0.29, 0.717) is 0 Å². The standard InChI is InChI=1S/C27H34N2.C4H4N2/c1-28-16-18-29(19-17-28)15-5-4-6-21-9-12-25-23(20-21)11-14-26-24-8-3-2-7-22(24)10-13-27(25)26;1-2-6-4-3-5-1/h2-3,7-8,10-11,13-14,21H,4-6,9,12,15-20H2,1H3;1-4H. The van der Waals surface area contributed by atoms with E-state index in [0.717, 1.165) is 5.92 Å². The Kier molecular flexibility index (Phi) is 8.02. The lowest BCUT2D eigenvalue weighted by molar-refractivity contribution is 0.151. The molecule has 1 aromatic heterocycles. The SMILES string of the molecule is CN1CCN(CCCCC2CCc3c(ccc4c3ccc3ccccc34)C2)CC1.c1cnccn1. The van der Waals surface area contributed by atoms with Crippen LogP contribution >= 0.6 is 0 Å².